The van der Waals surface area contributed by atoms with Crippen molar-refractivity contribution in [1.82, 2.24) is 19.9 Å². The zero-order valence-corrected chi connectivity index (χ0v) is 15.5. The summed E-state index contributed by atoms with van der Waals surface area (Å²) >= 11 is 0. The number of carbonyl (C=O) groups excluding carboxylic acids is 1. The molecule has 3 rings (SSSR count). The monoisotopic (exact) mass is 340 g/mol. The van der Waals surface area contributed by atoms with Crippen LogP contribution in [0.5, 0.6) is 0 Å². The van der Waals surface area contributed by atoms with Gasteiger partial charge in [0.2, 0.25) is 0 Å². The van der Waals surface area contributed by atoms with E-state index in [2.05, 4.69) is 39.9 Å². The molecule has 0 bridgehead atoms. The molecule has 1 aliphatic rings. The van der Waals surface area contributed by atoms with Gasteiger partial charge in [0, 0.05) is 37.8 Å². The number of rotatable bonds is 6. The smallest absolute Gasteiger partial charge is 0.253 e. The van der Waals surface area contributed by atoms with E-state index in [1.807, 2.05) is 19.1 Å². The highest BCUT2D eigenvalue weighted by Gasteiger charge is 2.15. The van der Waals surface area contributed by atoms with E-state index in [9.17, 15) is 4.79 Å². The molecule has 0 atom stereocenters. The minimum Gasteiger partial charge on any atom is -0.352 e. The largest absolute Gasteiger partial charge is 0.352 e. The molecule has 3 heterocycles. The predicted molar refractivity (Wildman–Crippen MR) is 98.9 cm³/mol. The zero-order valence-electron chi connectivity index (χ0n) is 15.5. The van der Waals surface area contributed by atoms with Crippen LogP contribution >= 0.6 is 0 Å². The molecule has 0 spiro atoms. The Morgan fingerprint density at radius 1 is 1.28 bits per heavy atom. The molecule has 0 aromatic carbocycles. The lowest BCUT2D eigenvalue weighted by Gasteiger charge is -2.11. The average Bonchev–Trinajstić information content (AvgIpc) is 3.03. The summed E-state index contributed by atoms with van der Waals surface area (Å²) in [6.45, 7) is 7.95. The number of carbonyl (C=O) groups is 1. The van der Waals surface area contributed by atoms with Crippen LogP contribution in [0, 0.1) is 0 Å². The minimum absolute atomic E-state index is 0.0383. The van der Waals surface area contributed by atoms with Crippen LogP contribution in [0.1, 0.15) is 72.8 Å². The normalized spacial score (nSPS) is 13.8. The number of aromatic nitrogens is 3. The summed E-state index contributed by atoms with van der Waals surface area (Å²) in [5, 5.41) is 3.02. The Morgan fingerprint density at radius 2 is 2.12 bits per heavy atom. The molecule has 5 heteroatoms. The van der Waals surface area contributed by atoms with Gasteiger partial charge in [-0.1, -0.05) is 20.8 Å². The Bertz CT molecular complexity index is 725. The molecule has 5 nitrogen and oxygen atoms in total. The third kappa shape index (κ3) is 4.09. The van der Waals surface area contributed by atoms with Crippen LogP contribution in [0.3, 0.4) is 0 Å². The number of pyridine rings is 1. The van der Waals surface area contributed by atoms with E-state index in [0.29, 0.717) is 18.0 Å². The highest BCUT2D eigenvalue weighted by molar-refractivity contribution is 5.95. The molecular formula is C20H28N4O. The number of amides is 1. The van der Waals surface area contributed by atoms with E-state index >= 15 is 0 Å². The molecular weight excluding hydrogens is 312 g/mol. The molecule has 0 radical (unpaired) electrons. The molecule has 0 saturated heterocycles. The fourth-order valence-electron chi connectivity index (χ4n) is 3.31. The first-order valence-corrected chi connectivity index (χ1v) is 9.41. The van der Waals surface area contributed by atoms with Crippen molar-refractivity contribution in [3.8, 4) is 0 Å². The molecule has 1 amide bonds. The standard InChI is InChI=1S/C20H28N4O/c1-4-17-16(8-9-18(23-17)14(2)3)20(25)21-11-10-15-13-24-12-6-5-7-19(24)22-15/h8-9,13-14H,4-7,10-12H2,1-3H3,(H,21,25). The first kappa shape index (κ1) is 17.6. The Kier molecular flexibility index (Phi) is 5.51. The first-order chi connectivity index (χ1) is 12.1. The van der Waals surface area contributed by atoms with Gasteiger partial charge in [-0.05, 0) is 37.3 Å². The molecule has 1 N–H and O–H groups in total. The van der Waals surface area contributed by atoms with Crippen molar-refractivity contribution >= 4 is 5.91 Å². The molecule has 2 aromatic heterocycles. The number of hydrogen-bond acceptors (Lipinski definition) is 3. The van der Waals surface area contributed by atoms with Crippen LogP contribution in [-0.2, 0) is 25.8 Å². The van der Waals surface area contributed by atoms with Crippen molar-refractivity contribution < 1.29 is 4.79 Å². The zero-order chi connectivity index (χ0) is 17.8. The lowest BCUT2D eigenvalue weighted by molar-refractivity contribution is 0.0952. The molecule has 0 unspecified atom stereocenters. The Morgan fingerprint density at radius 3 is 2.84 bits per heavy atom. The second kappa shape index (κ2) is 7.81. The van der Waals surface area contributed by atoms with Crippen molar-refractivity contribution in [2.75, 3.05) is 6.54 Å². The number of nitrogens with zero attached hydrogens (tertiary/aromatic N) is 3. The van der Waals surface area contributed by atoms with Crippen molar-refractivity contribution in [3.63, 3.8) is 0 Å². The molecule has 1 aliphatic heterocycles. The Labute approximate surface area is 149 Å². The molecule has 134 valence electrons. The van der Waals surface area contributed by atoms with Gasteiger partial charge in [0.05, 0.1) is 17.0 Å². The Hall–Kier alpha value is -2.17. The van der Waals surface area contributed by atoms with E-state index in [1.165, 1.54) is 18.7 Å². The SMILES string of the molecule is CCc1nc(C(C)C)ccc1C(=O)NCCc1cn2c(n1)CCCC2. The molecule has 2 aromatic rings. The second-order valence-corrected chi connectivity index (χ2v) is 7.04. The van der Waals surface area contributed by atoms with Gasteiger partial charge >= 0.3 is 0 Å². The van der Waals surface area contributed by atoms with Crippen LogP contribution in [-0.4, -0.2) is 27.0 Å². The maximum atomic E-state index is 12.5. The first-order valence-electron chi connectivity index (χ1n) is 9.41. The highest BCUT2D eigenvalue weighted by Crippen LogP contribution is 2.16. The van der Waals surface area contributed by atoms with Crippen molar-refractivity contribution in [1.29, 1.82) is 0 Å². The summed E-state index contributed by atoms with van der Waals surface area (Å²) in [6, 6.07) is 3.87. The summed E-state index contributed by atoms with van der Waals surface area (Å²) in [7, 11) is 0. The van der Waals surface area contributed by atoms with E-state index in [-0.39, 0.29) is 5.91 Å². The third-order valence-electron chi connectivity index (χ3n) is 4.79. The fourth-order valence-corrected chi connectivity index (χ4v) is 3.31. The van der Waals surface area contributed by atoms with E-state index < -0.39 is 0 Å². The highest BCUT2D eigenvalue weighted by atomic mass is 16.1. The second-order valence-electron chi connectivity index (χ2n) is 7.04. The van der Waals surface area contributed by atoms with Crippen molar-refractivity contribution in [3.05, 3.63) is 46.8 Å². The summed E-state index contributed by atoms with van der Waals surface area (Å²) < 4.78 is 2.25. The van der Waals surface area contributed by atoms with Gasteiger partial charge in [0.1, 0.15) is 5.82 Å². The van der Waals surface area contributed by atoms with Crippen molar-refractivity contribution in [2.45, 2.75) is 65.3 Å². The predicted octanol–water partition coefficient (Wildman–Crippen LogP) is 3.27. The number of imidazole rings is 1. The maximum Gasteiger partial charge on any atom is 0.253 e. The summed E-state index contributed by atoms with van der Waals surface area (Å²) in [5.74, 6) is 1.52. The van der Waals surface area contributed by atoms with Gasteiger partial charge in [-0.25, -0.2) is 4.98 Å². The topological polar surface area (TPSA) is 59.8 Å². The Balaban J connectivity index is 1.60. The maximum absolute atomic E-state index is 12.5. The quantitative estimate of drug-likeness (QED) is 0.878. The molecule has 0 aliphatic carbocycles. The van der Waals surface area contributed by atoms with E-state index in [1.54, 1.807) is 0 Å². The summed E-state index contributed by atoms with van der Waals surface area (Å²) in [5.41, 5.74) is 3.68. The third-order valence-corrected chi connectivity index (χ3v) is 4.79. The average molecular weight is 340 g/mol. The number of nitrogens with one attached hydrogen (secondary N) is 1. The summed E-state index contributed by atoms with van der Waals surface area (Å²) in [6.07, 6.45) is 7.20. The van der Waals surface area contributed by atoms with Gasteiger partial charge in [0.15, 0.2) is 0 Å². The molecule has 25 heavy (non-hydrogen) atoms. The fraction of sp³-hybridized carbons (Fsp3) is 0.550. The van der Waals surface area contributed by atoms with E-state index in [4.69, 9.17) is 0 Å². The van der Waals surface area contributed by atoms with Gasteiger partial charge in [-0.15, -0.1) is 0 Å². The minimum atomic E-state index is -0.0383. The number of hydrogen-bond donors (Lipinski definition) is 1. The molecule has 0 fully saturated rings. The molecule has 0 saturated carbocycles. The van der Waals surface area contributed by atoms with Crippen LogP contribution < -0.4 is 5.32 Å². The lowest BCUT2D eigenvalue weighted by Crippen LogP contribution is -2.27. The number of fused-ring (bicyclic) bond motifs is 1. The number of aryl methyl sites for hydroxylation is 3. The van der Waals surface area contributed by atoms with Gasteiger partial charge in [-0.2, -0.15) is 0 Å². The van der Waals surface area contributed by atoms with Crippen LogP contribution in [0.2, 0.25) is 0 Å². The van der Waals surface area contributed by atoms with Gasteiger partial charge in [0.25, 0.3) is 5.91 Å². The van der Waals surface area contributed by atoms with Crippen LogP contribution in [0.25, 0.3) is 0 Å². The van der Waals surface area contributed by atoms with Crippen molar-refractivity contribution in [2.24, 2.45) is 0 Å². The summed E-state index contributed by atoms with van der Waals surface area (Å²) in [4.78, 5) is 21.8. The lowest BCUT2D eigenvalue weighted by atomic mass is 10.1. The van der Waals surface area contributed by atoms with Crippen LogP contribution in [0.4, 0.5) is 0 Å². The van der Waals surface area contributed by atoms with E-state index in [0.717, 1.165) is 42.9 Å². The van der Waals surface area contributed by atoms with Gasteiger partial charge in [-0.3, -0.25) is 9.78 Å². The van der Waals surface area contributed by atoms with Gasteiger partial charge < -0.3 is 9.88 Å². The van der Waals surface area contributed by atoms with Crippen LogP contribution in [0.15, 0.2) is 18.3 Å².